The minimum atomic E-state index is -4.54. The van der Waals surface area contributed by atoms with E-state index in [0.29, 0.717) is 0 Å². The molecule has 5 N–H and O–H groups in total. The van der Waals surface area contributed by atoms with Crippen molar-refractivity contribution in [1.82, 2.24) is 0 Å². The summed E-state index contributed by atoms with van der Waals surface area (Å²) in [5.74, 6) is 0. The number of hydrogen-bond acceptors (Lipinski definition) is 4. The monoisotopic (exact) mass is 188 g/mol. The normalized spacial score (nSPS) is 7.30. The van der Waals surface area contributed by atoms with Crippen molar-refractivity contribution in [1.29, 1.82) is 0 Å². The second-order valence-electron chi connectivity index (χ2n) is 0.620. The van der Waals surface area contributed by atoms with Gasteiger partial charge < -0.3 is 18.0 Å². The van der Waals surface area contributed by atoms with E-state index in [4.69, 9.17) is 9.35 Å². The Kier molecular flexibility index (Phi) is 20.4. The van der Waals surface area contributed by atoms with Gasteiger partial charge in [0.25, 0.3) is 0 Å². The molecule has 0 unspecified atom stereocenters. The SMILES string of the molecule is O.O.O=COS(=O)(=O)O.[H-].[H-].[Mg+2]. The van der Waals surface area contributed by atoms with Gasteiger partial charge in [-0.3, -0.25) is 9.35 Å². The van der Waals surface area contributed by atoms with E-state index in [0.717, 1.165) is 0 Å². The zero-order valence-corrected chi connectivity index (χ0v) is 7.00. The molecule has 0 aromatic rings. The molecule has 0 radical (unpaired) electrons. The van der Waals surface area contributed by atoms with Crippen LogP contribution in [0.4, 0.5) is 0 Å². The fraction of sp³-hybridized carbons (Fsp3) is 0. The maximum Gasteiger partial charge on any atom is 2.00 e. The maximum absolute atomic E-state index is 9.33. The van der Waals surface area contributed by atoms with E-state index in [1.807, 2.05) is 0 Å². The molecule has 0 saturated heterocycles. The van der Waals surface area contributed by atoms with Crippen LogP contribution >= 0.6 is 0 Å². The summed E-state index contributed by atoms with van der Waals surface area (Å²) >= 11 is 0. The number of carbonyl (C=O) groups excluding carboxylic acids is 1. The molecule has 0 atom stereocenters. The van der Waals surface area contributed by atoms with Gasteiger partial charge in [0, 0.05) is 0 Å². The average molecular weight is 188 g/mol. The molecule has 0 aliphatic carbocycles. The molecule has 0 aromatic heterocycles. The molecule has 0 fully saturated rings. The molecule has 0 aliphatic heterocycles. The summed E-state index contributed by atoms with van der Waals surface area (Å²) < 4.78 is 29.3. The summed E-state index contributed by atoms with van der Waals surface area (Å²) in [6.07, 6.45) is 0. The van der Waals surface area contributed by atoms with Gasteiger partial charge in [-0.2, -0.15) is 8.42 Å². The second kappa shape index (κ2) is 9.07. The van der Waals surface area contributed by atoms with Crippen molar-refractivity contribution in [3.63, 3.8) is 0 Å². The smallest absolute Gasteiger partial charge is 1.00 e. The van der Waals surface area contributed by atoms with E-state index in [1.165, 1.54) is 0 Å². The molecule has 0 amide bonds. The van der Waals surface area contributed by atoms with Crippen LogP contribution in [-0.4, -0.2) is 53.4 Å². The molecule has 7 nitrogen and oxygen atoms in total. The predicted octanol–water partition coefficient (Wildman–Crippen LogP) is -2.84. The quantitative estimate of drug-likeness (QED) is 0.282. The van der Waals surface area contributed by atoms with Crippen LogP contribution in [0, 0.1) is 0 Å². The average Bonchev–Trinajstić information content (AvgIpc) is 1.30. The van der Waals surface area contributed by atoms with Gasteiger partial charge in [0.05, 0.1) is 0 Å². The molecule has 0 spiro atoms. The van der Waals surface area contributed by atoms with Crippen molar-refractivity contribution < 1.29 is 35.8 Å². The van der Waals surface area contributed by atoms with Gasteiger partial charge in [0.15, 0.2) is 0 Å². The predicted molar refractivity (Wildman–Crippen MR) is 33.9 cm³/mol. The number of carbonyl (C=O) groups is 1. The summed E-state index contributed by atoms with van der Waals surface area (Å²) in [7, 11) is -4.54. The number of rotatable bonds is 2. The Labute approximate surface area is 76.1 Å². The van der Waals surface area contributed by atoms with Crippen molar-refractivity contribution in [2.24, 2.45) is 0 Å². The Balaban J connectivity index is -0.0000000180. The first-order chi connectivity index (χ1) is 3.06. The van der Waals surface area contributed by atoms with Crippen molar-refractivity contribution in [3.05, 3.63) is 0 Å². The van der Waals surface area contributed by atoms with Gasteiger partial charge in [-0.05, 0) is 0 Å². The van der Waals surface area contributed by atoms with Crippen LogP contribution < -0.4 is 0 Å². The second-order valence-corrected chi connectivity index (χ2v) is 1.67. The standard InChI is InChI=1S/CH2O5S.Mg.2H2O.2H/c2-1-6-7(3,4)5;;;;;/h1H,(H,3,4,5);;2*1H2;;/q;+2;;;2*-1. The first kappa shape index (κ1) is 22.5. The Morgan fingerprint density at radius 2 is 1.70 bits per heavy atom. The Bertz CT molecular complexity index is 155. The fourth-order valence-electron chi connectivity index (χ4n) is 0.0496. The molecule has 9 heteroatoms. The van der Waals surface area contributed by atoms with E-state index in [1.54, 1.807) is 0 Å². The van der Waals surface area contributed by atoms with Crippen molar-refractivity contribution in [3.8, 4) is 0 Å². The molecule has 62 valence electrons. The topological polar surface area (TPSA) is 144 Å². The maximum atomic E-state index is 9.33. The molecule has 0 heterocycles. The summed E-state index contributed by atoms with van der Waals surface area (Å²) in [5.41, 5.74) is 0. The van der Waals surface area contributed by atoms with E-state index in [2.05, 4.69) is 4.18 Å². The molecular weight excluding hydrogens is 180 g/mol. The summed E-state index contributed by atoms with van der Waals surface area (Å²) in [4.78, 5) is 9.06. The third kappa shape index (κ3) is 24.4. The van der Waals surface area contributed by atoms with Gasteiger partial charge in [0.2, 0.25) is 0 Å². The summed E-state index contributed by atoms with van der Waals surface area (Å²) in [5, 5.41) is 0. The Morgan fingerprint density at radius 3 is 1.70 bits per heavy atom. The molecule has 10 heavy (non-hydrogen) atoms. The molecular formula is CH8MgO7S. The zero-order valence-electron chi connectivity index (χ0n) is 6.77. The third-order valence-corrected chi connectivity index (χ3v) is 0.483. The van der Waals surface area contributed by atoms with Crippen molar-refractivity contribution >= 4 is 39.9 Å². The van der Waals surface area contributed by atoms with Crippen molar-refractivity contribution in [2.75, 3.05) is 0 Å². The zero-order chi connectivity index (χ0) is 5.91. The summed E-state index contributed by atoms with van der Waals surface area (Å²) in [6.45, 7) is -0.380. The van der Waals surface area contributed by atoms with Gasteiger partial charge in [-0.25, -0.2) is 0 Å². The fourth-order valence-corrected chi connectivity index (χ4v) is 0.149. The first-order valence-electron chi connectivity index (χ1n) is 1.15. The van der Waals surface area contributed by atoms with Crippen LogP contribution in [0.2, 0.25) is 0 Å². The first-order valence-corrected chi connectivity index (χ1v) is 2.52. The Hall–Kier alpha value is 0.0662. The molecule has 0 rings (SSSR count). The van der Waals surface area contributed by atoms with Crippen LogP contribution in [0.25, 0.3) is 0 Å². The van der Waals surface area contributed by atoms with Gasteiger partial charge >= 0.3 is 39.9 Å². The third-order valence-electron chi connectivity index (χ3n) is 0.161. The largest absolute Gasteiger partial charge is 2.00 e. The van der Waals surface area contributed by atoms with Crippen LogP contribution in [0.5, 0.6) is 0 Å². The van der Waals surface area contributed by atoms with Gasteiger partial charge in [-0.15, -0.1) is 0 Å². The van der Waals surface area contributed by atoms with E-state index in [9.17, 15) is 8.42 Å². The van der Waals surface area contributed by atoms with Gasteiger partial charge in [-0.1, -0.05) is 0 Å². The van der Waals surface area contributed by atoms with Crippen LogP contribution in [0.3, 0.4) is 0 Å². The molecule has 0 aromatic carbocycles. The van der Waals surface area contributed by atoms with Crippen LogP contribution in [-0.2, 0) is 19.4 Å². The van der Waals surface area contributed by atoms with E-state index < -0.39 is 10.4 Å². The summed E-state index contributed by atoms with van der Waals surface area (Å²) in [6, 6.07) is 0. The van der Waals surface area contributed by atoms with E-state index in [-0.39, 0.29) is 43.3 Å². The number of hydrogen-bond donors (Lipinski definition) is 1. The Morgan fingerprint density at radius 1 is 1.40 bits per heavy atom. The molecule has 0 saturated carbocycles. The molecule has 0 aliphatic rings. The minimum absolute atomic E-state index is 0. The van der Waals surface area contributed by atoms with Gasteiger partial charge in [0.1, 0.15) is 0 Å². The van der Waals surface area contributed by atoms with Crippen molar-refractivity contribution in [2.45, 2.75) is 0 Å². The van der Waals surface area contributed by atoms with E-state index >= 15 is 0 Å². The van der Waals surface area contributed by atoms with Crippen LogP contribution in [0.15, 0.2) is 0 Å². The molecule has 0 bridgehead atoms. The minimum Gasteiger partial charge on any atom is -1.00 e. The van der Waals surface area contributed by atoms with Crippen LogP contribution in [0.1, 0.15) is 2.85 Å².